The van der Waals surface area contributed by atoms with Crippen LogP contribution in [0.2, 0.25) is 5.02 Å². The average molecular weight is 263 g/mol. The maximum atomic E-state index is 10.4. The van der Waals surface area contributed by atoms with Gasteiger partial charge in [-0.05, 0) is 25.3 Å². The summed E-state index contributed by atoms with van der Waals surface area (Å²) < 4.78 is 5.73. The van der Waals surface area contributed by atoms with Crippen molar-refractivity contribution in [1.29, 1.82) is 0 Å². The van der Waals surface area contributed by atoms with Gasteiger partial charge in [0, 0.05) is 28.0 Å². The molecule has 2 nitrogen and oxygen atoms in total. The maximum Gasteiger partial charge on any atom is 0.129 e. The van der Waals surface area contributed by atoms with Gasteiger partial charge in [0.25, 0.3) is 0 Å². The minimum atomic E-state index is -0.0270. The summed E-state index contributed by atoms with van der Waals surface area (Å²) in [5.41, 5.74) is 0.818. The van der Waals surface area contributed by atoms with Crippen molar-refractivity contribution < 1.29 is 9.84 Å². The van der Waals surface area contributed by atoms with E-state index >= 15 is 0 Å². The molecule has 0 bridgehead atoms. The van der Waals surface area contributed by atoms with Gasteiger partial charge in [-0.25, -0.2) is 0 Å². The zero-order valence-corrected chi connectivity index (χ0v) is 10.8. The molecule has 0 saturated carbocycles. The van der Waals surface area contributed by atoms with Crippen LogP contribution in [0.15, 0.2) is 30.3 Å². The zero-order chi connectivity index (χ0) is 12.5. The first kappa shape index (κ1) is 11.8. The summed E-state index contributed by atoms with van der Waals surface area (Å²) in [7, 11) is 0. The lowest BCUT2D eigenvalue weighted by Gasteiger charge is -2.24. The van der Waals surface area contributed by atoms with E-state index in [1.54, 1.807) is 0 Å². The summed E-state index contributed by atoms with van der Waals surface area (Å²) in [5.74, 6) is 0.307. The second-order valence-electron chi connectivity index (χ2n) is 4.70. The molecule has 1 N–H and O–H groups in total. The molecule has 0 aliphatic carbocycles. The van der Waals surface area contributed by atoms with Crippen molar-refractivity contribution in [2.45, 2.75) is 25.4 Å². The Morgan fingerprint density at radius 3 is 2.67 bits per heavy atom. The lowest BCUT2D eigenvalue weighted by Crippen LogP contribution is -2.11. The van der Waals surface area contributed by atoms with Crippen LogP contribution in [0.1, 0.15) is 30.9 Å². The Morgan fingerprint density at radius 2 is 1.94 bits per heavy atom. The number of halogens is 1. The van der Waals surface area contributed by atoms with Gasteiger partial charge in [0.2, 0.25) is 0 Å². The predicted molar refractivity (Wildman–Crippen MR) is 73.2 cm³/mol. The largest absolute Gasteiger partial charge is 0.507 e. The van der Waals surface area contributed by atoms with Crippen LogP contribution in [-0.2, 0) is 4.74 Å². The molecule has 3 rings (SSSR count). The van der Waals surface area contributed by atoms with E-state index in [2.05, 4.69) is 0 Å². The number of phenolic OH excluding ortho intramolecular Hbond substituents is 1. The highest BCUT2D eigenvalue weighted by atomic mass is 35.5. The van der Waals surface area contributed by atoms with E-state index in [0.717, 1.165) is 42.2 Å². The Morgan fingerprint density at radius 1 is 1.17 bits per heavy atom. The molecule has 2 aromatic carbocycles. The third-order valence-electron chi connectivity index (χ3n) is 3.52. The first-order valence-electron chi connectivity index (χ1n) is 6.29. The van der Waals surface area contributed by atoms with Crippen molar-refractivity contribution in [3.63, 3.8) is 0 Å². The van der Waals surface area contributed by atoms with Crippen LogP contribution < -0.4 is 0 Å². The third-order valence-corrected chi connectivity index (χ3v) is 3.83. The predicted octanol–water partition coefficient (Wildman–Crippen LogP) is 4.44. The lowest BCUT2D eigenvalue weighted by molar-refractivity contribution is 0.0138. The van der Waals surface area contributed by atoms with Crippen molar-refractivity contribution in [3.05, 3.63) is 40.9 Å². The van der Waals surface area contributed by atoms with Crippen molar-refractivity contribution >= 4 is 22.4 Å². The summed E-state index contributed by atoms with van der Waals surface area (Å²) in [5, 5.41) is 12.7. The van der Waals surface area contributed by atoms with Gasteiger partial charge >= 0.3 is 0 Å². The average Bonchev–Trinajstić information content (AvgIpc) is 2.44. The topological polar surface area (TPSA) is 29.5 Å². The minimum Gasteiger partial charge on any atom is -0.507 e. The van der Waals surface area contributed by atoms with Gasteiger partial charge in [-0.2, -0.15) is 0 Å². The summed E-state index contributed by atoms with van der Waals surface area (Å²) in [4.78, 5) is 0. The van der Waals surface area contributed by atoms with Gasteiger partial charge in [0.1, 0.15) is 5.75 Å². The van der Waals surface area contributed by atoms with E-state index in [1.807, 2.05) is 30.3 Å². The number of rotatable bonds is 1. The van der Waals surface area contributed by atoms with E-state index in [-0.39, 0.29) is 6.10 Å². The molecule has 1 aliphatic rings. The van der Waals surface area contributed by atoms with E-state index in [1.165, 1.54) is 0 Å². The van der Waals surface area contributed by atoms with Crippen LogP contribution in [0, 0.1) is 0 Å². The molecule has 0 radical (unpaired) electrons. The summed E-state index contributed by atoms with van der Waals surface area (Å²) >= 11 is 6.29. The second-order valence-corrected chi connectivity index (χ2v) is 5.10. The number of ether oxygens (including phenoxy) is 1. The highest BCUT2D eigenvalue weighted by molar-refractivity contribution is 6.35. The number of hydrogen-bond acceptors (Lipinski definition) is 2. The van der Waals surface area contributed by atoms with Crippen molar-refractivity contribution in [3.8, 4) is 5.75 Å². The highest BCUT2D eigenvalue weighted by Crippen LogP contribution is 2.40. The molecule has 0 amide bonds. The highest BCUT2D eigenvalue weighted by Gasteiger charge is 2.21. The Balaban J connectivity index is 2.15. The maximum absolute atomic E-state index is 10.4. The molecule has 0 spiro atoms. The number of phenols is 1. The molecule has 0 aromatic heterocycles. The van der Waals surface area contributed by atoms with Crippen LogP contribution in [0.25, 0.3) is 10.8 Å². The lowest BCUT2D eigenvalue weighted by atomic mass is 9.97. The first-order chi connectivity index (χ1) is 8.77. The van der Waals surface area contributed by atoms with Gasteiger partial charge in [0.05, 0.1) is 6.10 Å². The fourth-order valence-corrected chi connectivity index (χ4v) is 2.85. The van der Waals surface area contributed by atoms with Gasteiger partial charge < -0.3 is 9.84 Å². The number of benzene rings is 2. The van der Waals surface area contributed by atoms with E-state index < -0.39 is 0 Å². The van der Waals surface area contributed by atoms with E-state index in [9.17, 15) is 5.11 Å². The molecule has 3 heteroatoms. The van der Waals surface area contributed by atoms with Gasteiger partial charge in [-0.15, -0.1) is 0 Å². The zero-order valence-electron chi connectivity index (χ0n) is 10.0. The molecule has 1 atom stereocenters. The van der Waals surface area contributed by atoms with Crippen LogP contribution >= 0.6 is 11.6 Å². The number of aromatic hydroxyl groups is 1. The molecule has 18 heavy (non-hydrogen) atoms. The molecule has 1 fully saturated rings. The van der Waals surface area contributed by atoms with Crippen LogP contribution in [0.3, 0.4) is 0 Å². The smallest absolute Gasteiger partial charge is 0.129 e. The Bertz CT molecular complexity index is 574. The normalized spacial score (nSPS) is 20.2. The molecule has 1 heterocycles. The summed E-state index contributed by atoms with van der Waals surface area (Å²) in [6.45, 7) is 0.758. The summed E-state index contributed by atoms with van der Waals surface area (Å²) in [6.07, 6.45) is 3.15. The van der Waals surface area contributed by atoms with Gasteiger partial charge in [-0.1, -0.05) is 35.9 Å². The fraction of sp³-hybridized carbons (Fsp3) is 0.333. The Kier molecular flexibility index (Phi) is 3.14. The second kappa shape index (κ2) is 4.79. The van der Waals surface area contributed by atoms with Crippen LogP contribution in [0.4, 0.5) is 0 Å². The SMILES string of the molecule is Oc1c(C2CCCCO2)cc(Cl)c2ccccc12. The first-order valence-corrected chi connectivity index (χ1v) is 6.67. The number of hydrogen-bond donors (Lipinski definition) is 1. The number of fused-ring (bicyclic) bond motifs is 1. The molecule has 1 aliphatic heterocycles. The molecule has 94 valence electrons. The van der Waals surface area contributed by atoms with Crippen molar-refractivity contribution in [2.75, 3.05) is 6.61 Å². The van der Waals surface area contributed by atoms with Gasteiger partial charge in [0.15, 0.2) is 0 Å². The molecule has 1 saturated heterocycles. The van der Waals surface area contributed by atoms with Gasteiger partial charge in [-0.3, -0.25) is 0 Å². The molecular formula is C15H15ClO2. The standard InChI is InChI=1S/C15H15ClO2/c16-13-9-12(14-7-3-4-8-18-14)15(17)11-6-2-1-5-10(11)13/h1-2,5-6,9,14,17H,3-4,7-8H2. The monoisotopic (exact) mass is 262 g/mol. The van der Waals surface area contributed by atoms with Crippen molar-refractivity contribution in [1.82, 2.24) is 0 Å². The van der Waals surface area contributed by atoms with E-state index in [4.69, 9.17) is 16.3 Å². The van der Waals surface area contributed by atoms with E-state index in [0.29, 0.717) is 10.8 Å². The summed E-state index contributed by atoms with van der Waals surface area (Å²) in [6, 6.07) is 9.48. The Labute approximate surface area is 111 Å². The third kappa shape index (κ3) is 1.96. The van der Waals surface area contributed by atoms with Crippen molar-refractivity contribution in [2.24, 2.45) is 0 Å². The van der Waals surface area contributed by atoms with Crippen LogP contribution in [0.5, 0.6) is 5.75 Å². The fourth-order valence-electron chi connectivity index (χ4n) is 2.57. The Hall–Kier alpha value is -1.25. The quantitative estimate of drug-likeness (QED) is 0.823. The minimum absolute atomic E-state index is 0.0270. The molecular weight excluding hydrogens is 248 g/mol. The molecule has 1 unspecified atom stereocenters. The molecule has 2 aromatic rings. The van der Waals surface area contributed by atoms with Crippen LogP contribution in [-0.4, -0.2) is 11.7 Å².